The number of ether oxygens (including phenoxy) is 1. The molecule has 1 aromatic carbocycles. The number of aromatic nitrogens is 1. The van der Waals surface area contributed by atoms with E-state index in [0.29, 0.717) is 26.2 Å². The zero-order chi connectivity index (χ0) is 14.1. The second-order valence-corrected chi connectivity index (χ2v) is 5.72. The minimum Gasteiger partial charge on any atom is -0.465 e. The molecule has 0 aliphatic carbocycles. The molecular formula is C14H15BrN2O3. The number of hydrogen-bond acceptors (Lipinski definition) is 2. The van der Waals surface area contributed by atoms with Crippen LogP contribution in [0.25, 0.3) is 10.9 Å². The molecule has 2 aromatic rings. The summed E-state index contributed by atoms with van der Waals surface area (Å²) in [6.07, 6.45) is 1.03. The minimum atomic E-state index is -0.876. The molecule has 0 saturated carbocycles. The van der Waals surface area contributed by atoms with Gasteiger partial charge in [-0.1, -0.05) is 22.0 Å². The molecule has 20 heavy (non-hydrogen) atoms. The SMILES string of the molecule is O=C(O)N1CCO[C@H](Cn2ccc3c(Br)cccc32)C1. The van der Waals surface area contributed by atoms with Crippen molar-refractivity contribution in [2.75, 3.05) is 19.7 Å². The highest BCUT2D eigenvalue weighted by Gasteiger charge is 2.24. The van der Waals surface area contributed by atoms with Gasteiger partial charge in [0.1, 0.15) is 0 Å². The van der Waals surface area contributed by atoms with Gasteiger partial charge in [-0.25, -0.2) is 4.79 Å². The Bertz CT molecular complexity index is 640. The first-order valence-electron chi connectivity index (χ1n) is 6.48. The smallest absolute Gasteiger partial charge is 0.407 e. The van der Waals surface area contributed by atoms with E-state index in [2.05, 4.69) is 32.6 Å². The lowest BCUT2D eigenvalue weighted by Crippen LogP contribution is -2.46. The Kier molecular flexibility index (Phi) is 3.67. The van der Waals surface area contributed by atoms with Crippen molar-refractivity contribution in [3.8, 4) is 0 Å². The maximum Gasteiger partial charge on any atom is 0.407 e. The van der Waals surface area contributed by atoms with Crippen LogP contribution in [0.3, 0.4) is 0 Å². The van der Waals surface area contributed by atoms with Gasteiger partial charge in [-0.2, -0.15) is 0 Å². The third kappa shape index (κ3) is 2.53. The molecule has 1 atom stereocenters. The number of nitrogens with zero attached hydrogens (tertiary/aromatic N) is 2. The molecule has 1 amide bonds. The van der Waals surface area contributed by atoms with Gasteiger partial charge in [-0.3, -0.25) is 0 Å². The molecule has 3 rings (SSSR count). The number of amides is 1. The molecule has 0 radical (unpaired) electrons. The van der Waals surface area contributed by atoms with Gasteiger partial charge in [0.25, 0.3) is 0 Å². The standard InChI is InChI=1S/C14H15BrN2O3/c15-12-2-1-3-13-11(12)4-5-16(13)8-10-9-17(14(18)19)6-7-20-10/h1-5,10H,6-9H2,(H,18,19)/t10-/m1/s1. The minimum absolute atomic E-state index is 0.102. The van der Waals surface area contributed by atoms with Crippen molar-refractivity contribution in [1.29, 1.82) is 0 Å². The van der Waals surface area contributed by atoms with E-state index in [1.807, 2.05) is 18.3 Å². The summed E-state index contributed by atoms with van der Waals surface area (Å²) in [6.45, 7) is 1.98. The van der Waals surface area contributed by atoms with Crippen LogP contribution in [0, 0.1) is 0 Å². The number of hydrogen-bond donors (Lipinski definition) is 1. The van der Waals surface area contributed by atoms with E-state index < -0.39 is 6.09 Å². The van der Waals surface area contributed by atoms with Crippen LogP contribution in [0.5, 0.6) is 0 Å². The van der Waals surface area contributed by atoms with E-state index in [1.165, 1.54) is 4.90 Å². The van der Waals surface area contributed by atoms with Gasteiger partial charge >= 0.3 is 6.09 Å². The predicted molar refractivity (Wildman–Crippen MR) is 79.0 cm³/mol. The van der Waals surface area contributed by atoms with Gasteiger partial charge in [-0.15, -0.1) is 0 Å². The largest absolute Gasteiger partial charge is 0.465 e. The Morgan fingerprint density at radius 2 is 2.30 bits per heavy atom. The van der Waals surface area contributed by atoms with Gasteiger partial charge in [-0.05, 0) is 18.2 Å². The zero-order valence-corrected chi connectivity index (χ0v) is 12.4. The van der Waals surface area contributed by atoms with Crippen molar-refractivity contribution in [3.05, 3.63) is 34.9 Å². The highest BCUT2D eigenvalue weighted by molar-refractivity contribution is 9.10. The van der Waals surface area contributed by atoms with Crippen LogP contribution < -0.4 is 0 Å². The van der Waals surface area contributed by atoms with Crippen LogP contribution in [0.2, 0.25) is 0 Å². The second-order valence-electron chi connectivity index (χ2n) is 4.86. The summed E-state index contributed by atoms with van der Waals surface area (Å²) >= 11 is 3.53. The van der Waals surface area contributed by atoms with Crippen molar-refractivity contribution < 1.29 is 14.6 Å². The molecule has 1 N–H and O–H groups in total. The van der Waals surface area contributed by atoms with Crippen LogP contribution in [0.15, 0.2) is 34.9 Å². The maximum atomic E-state index is 11.0. The Balaban J connectivity index is 1.79. The van der Waals surface area contributed by atoms with Crippen LogP contribution in [0.4, 0.5) is 4.79 Å². The molecule has 1 aromatic heterocycles. The first-order valence-corrected chi connectivity index (χ1v) is 7.27. The molecule has 106 valence electrons. The predicted octanol–water partition coefficient (Wildman–Crippen LogP) is 2.78. The molecule has 5 nitrogen and oxygen atoms in total. The molecule has 6 heteroatoms. The van der Waals surface area contributed by atoms with Crippen molar-refractivity contribution in [2.24, 2.45) is 0 Å². The molecular weight excluding hydrogens is 324 g/mol. The number of carbonyl (C=O) groups is 1. The summed E-state index contributed by atoms with van der Waals surface area (Å²) < 4.78 is 8.84. The number of rotatable bonds is 2. The van der Waals surface area contributed by atoms with E-state index in [0.717, 1.165) is 15.4 Å². The molecule has 0 unspecified atom stereocenters. The van der Waals surface area contributed by atoms with Crippen molar-refractivity contribution in [2.45, 2.75) is 12.6 Å². The fourth-order valence-corrected chi connectivity index (χ4v) is 3.06. The fourth-order valence-electron chi connectivity index (χ4n) is 2.57. The summed E-state index contributed by atoms with van der Waals surface area (Å²) in [5.41, 5.74) is 1.12. The Morgan fingerprint density at radius 1 is 1.45 bits per heavy atom. The maximum absolute atomic E-state index is 11.0. The van der Waals surface area contributed by atoms with Gasteiger partial charge in [0.15, 0.2) is 0 Å². The Hall–Kier alpha value is -1.53. The first-order chi connectivity index (χ1) is 9.65. The van der Waals surface area contributed by atoms with Crippen molar-refractivity contribution in [3.63, 3.8) is 0 Å². The topological polar surface area (TPSA) is 54.7 Å². The van der Waals surface area contributed by atoms with E-state index in [1.54, 1.807) is 0 Å². The lowest BCUT2D eigenvalue weighted by atomic mass is 10.2. The van der Waals surface area contributed by atoms with Crippen LogP contribution in [-0.4, -0.2) is 46.5 Å². The Morgan fingerprint density at radius 3 is 3.10 bits per heavy atom. The monoisotopic (exact) mass is 338 g/mol. The lowest BCUT2D eigenvalue weighted by Gasteiger charge is -2.31. The quantitative estimate of drug-likeness (QED) is 0.915. The number of carboxylic acid groups (broad SMARTS) is 1. The van der Waals surface area contributed by atoms with Gasteiger partial charge in [0.05, 0.1) is 25.8 Å². The first kappa shape index (κ1) is 13.5. The highest BCUT2D eigenvalue weighted by atomic mass is 79.9. The van der Waals surface area contributed by atoms with E-state index in [-0.39, 0.29) is 6.10 Å². The summed E-state index contributed by atoms with van der Waals surface area (Å²) in [5.74, 6) is 0. The lowest BCUT2D eigenvalue weighted by molar-refractivity contribution is -0.0287. The van der Waals surface area contributed by atoms with Crippen LogP contribution in [0.1, 0.15) is 0 Å². The summed E-state index contributed by atoms with van der Waals surface area (Å²) in [5, 5.41) is 10.2. The zero-order valence-electron chi connectivity index (χ0n) is 10.8. The number of benzene rings is 1. The van der Waals surface area contributed by atoms with E-state index in [4.69, 9.17) is 9.84 Å². The molecule has 1 saturated heterocycles. The van der Waals surface area contributed by atoms with E-state index in [9.17, 15) is 4.79 Å². The Labute approximate surface area is 124 Å². The third-order valence-corrected chi connectivity index (χ3v) is 4.26. The van der Waals surface area contributed by atoms with Gasteiger partial charge in [0, 0.05) is 28.1 Å². The number of halogens is 1. The summed E-state index contributed by atoms with van der Waals surface area (Å²) in [7, 11) is 0. The summed E-state index contributed by atoms with van der Waals surface area (Å²) in [4.78, 5) is 12.4. The molecule has 2 heterocycles. The summed E-state index contributed by atoms with van der Waals surface area (Å²) in [6, 6.07) is 8.11. The average molecular weight is 339 g/mol. The van der Waals surface area contributed by atoms with Crippen molar-refractivity contribution in [1.82, 2.24) is 9.47 Å². The van der Waals surface area contributed by atoms with Crippen LogP contribution >= 0.6 is 15.9 Å². The number of morpholine rings is 1. The second kappa shape index (κ2) is 5.46. The molecule has 1 aliphatic heterocycles. The van der Waals surface area contributed by atoms with Crippen molar-refractivity contribution >= 4 is 32.9 Å². The van der Waals surface area contributed by atoms with Crippen LogP contribution in [-0.2, 0) is 11.3 Å². The molecule has 1 aliphatic rings. The molecule has 0 bridgehead atoms. The highest BCUT2D eigenvalue weighted by Crippen LogP contribution is 2.25. The van der Waals surface area contributed by atoms with E-state index >= 15 is 0 Å². The third-order valence-electron chi connectivity index (χ3n) is 3.57. The molecule has 1 fully saturated rings. The van der Waals surface area contributed by atoms with Gasteiger partial charge in [0.2, 0.25) is 0 Å². The molecule has 0 spiro atoms. The fraction of sp³-hybridized carbons (Fsp3) is 0.357. The average Bonchev–Trinajstić information content (AvgIpc) is 2.84. The normalized spacial score (nSPS) is 19.4. The van der Waals surface area contributed by atoms with Gasteiger partial charge < -0.3 is 19.3 Å². The number of fused-ring (bicyclic) bond motifs is 1.